The molecule has 2 aliphatic rings. The predicted molar refractivity (Wildman–Crippen MR) is 130 cm³/mol. The second-order valence-electron chi connectivity index (χ2n) is 9.43. The Bertz CT molecular complexity index is 1330. The Morgan fingerprint density at radius 1 is 1.10 bits per heavy atom. The minimum atomic E-state index is 0.598. The highest BCUT2D eigenvalue weighted by Gasteiger charge is 2.33. The summed E-state index contributed by atoms with van der Waals surface area (Å²) in [5.41, 5.74) is 9.01. The molecule has 6 rings (SSSR count). The Kier molecular flexibility index (Phi) is 4.16. The molecule has 1 saturated carbocycles. The number of benzene rings is 2. The summed E-state index contributed by atoms with van der Waals surface area (Å²) in [6.45, 7) is 8.50. The standard InChI is InChI=1S/C27H30N4/c1-5-17-12-18(6-2)26-23(13-17)28-27(30(26)4)24-14-19-8-7-9-22(20-15-29(3)16-20)25(19)31(24)21-10-11-21/h5,7-9,12-14,20-21H,1,6,10-11,15-16H2,2-4H3. The van der Waals surface area contributed by atoms with Gasteiger partial charge in [0.25, 0.3) is 0 Å². The fourth-order valence-corrected chi connectivity index (χ4v) is 5.51. The number of rotatable bonds is 5. The molecular formula is C27H30N4. The van der Waals surface area contributed by atoms with Gasteiger partial charge in [0.15, 0.2) is 5.82 Å². The van der Waals surface area contributed by atoms with E-state index in [1.54, 1.807) is 0 Å². The fraction of sp³-hybridized carbons (Fsp3) is 0.370. The lowest BCUT2D eigenvalue weighted by atomic mass is 9.90. The van der Waals surface area contributed by atoms with Crippen molar-refractivity contribution in [3.05, 3.63) is 59.7 Å². The van der Waals surface area contributed by atoms with Crippen LogP contribution in [0.25, 0.3) is 39.5 Å². The van der Waals surface area contributed by atoms with Crippen molar-refractivity contribution in [3.63, 3.8) is 0 Å². The maximum absolute atomic E-state index is 5.17. The molecule has 0 N–H and O–H groups in total. The van der Waals surface area contributed by atoms with Gasteiger partial charge in [-0.05, 0) is 61.2 Å². The average molecular weight is 411 g/mol. The number of aryl methyl sites for hydroxylation is 2. The molecule has 0 amide bonds. The van der Waals surface area contributed by atoms with E-state index in [2.05, 4.69) is 78.0 Å². The SMILES string of the molecule is C=Cc1cc(CC)c2c(c1)nc(-c1cc3cccc(C4CN(C)C4)c3n1C1CC1)n2C. The van der Waals surface area contributed by atoms with Crippen LogP contribution in [0.4, 0.5) is 0 Å². The molecule has 4 heteroatoms. The Morgan fingerprint density at radius 3 is 2.58 bits per heavy atom. The van der Waals surface area contributed by atoms with E-state index in [1.165, 1.54) is 46.1 Å². The molecule has 158 valence electrons. The summed E-state index contributed by atoms with van der Waals surface area (Å²) in [5.74, 6) is 1.71. The van der Waals surface area contributed by atoms with Crippen molar-refractivity contribution in [2.45, 2.75) is 38.1 Å². The number of hydrogen-bond donors (Lipinski definition) is 0. The third kappa shape index (κ3) is 2.81. The third-order valence-corrected chi connectivity index (χ3v) is 7.22. The van der Waals surface area contributed by atoms with Crippen LogP contribution in [0, 0.1) is 0 Å². The zero-order valence-electron chi connectivity index (χ0n) is 18.7. The first-order valence-electron chi connectivity index (χ1n) is 11.5. The van der Waals surface area contributed by atoms with Gasteiger partial charge in [0, 0.05) is 37.5 Å². The van der Waals surface area contributed by atoms with Gasteiger partial charge in [-0.15, -0.1) is 0 Å². The number of likely N-dealkylation sites (tertiary alicyclic amines) is 1. The van der Waals surface area contributed by atoms with Crippen molar-refractivity contribution in [1.82, 2.24) is 19.0 Å². The van der Waals surface area contributed by atoms with Crippen LogP contribution in [0.2, 0.25) is 0 Å². The molecule has 1 aliphatic carbocycles. The Morgan fingerprint density at radius 2 is 1.90 bits per heavy atom. The van der Waals surface area contributed by atoms with Crippen LogP contribution in [-0.2, 0) is 13.5 Å². The summed E-state index contributed by atoms with van der Waals surface area (Å²) in [5, 5.41) is 1.35. The maximum Gasteiger partial charge on any atom is 0.157 e. The summed E-state index contributed by atoms with van der Waals surface area (Å²) in [6.07, 6.45) is 5.44. The largest absolute Gasteiger partial charge is 0.335 e. The van der Waals surface area contributed by atoms with E-state index >= 15 is 0 Å². The normalized spacial score (nSPS) is 17.5. The van der Waals surface area contributed by atoms with Crippen molar-refractivity contribution in [2.24, 2.45) is 7.05 Å². The zero-order valence-corrected chi connectivity index (χ0v) is 18.7. The van der Waals surface area contributed by atoms with Crippen molar-refractivity contribution < 1.29 is 0 Å². The molecule has 1 saturated heterocycles. The van der Waals surface area contributed by atoms with Crippen LogP contribution in [-0.4, -0.2) is 39.2 Å². The lowest BCUT2D eigenvalue weighted by Crippen LogP contribution is -2.41. The van der Waals surface area contributed by atoms with Crippen molar-refractivity contribution in [3.8, 4) is 11.5 Å². The number of hydrogen-bond acceptors (Lipinski definition) is 2. The smallest absolute Gasteiger partial charge is 0.157 e. The number of nitrogens with zero attached hydrogens (tertiary/aromatic N) is 4. The number of likely N-dealkylation sites (N-methyl/N-ethyl adjacent to an activating group) is 1. The van der Waals surface area contributed by atoms with E-state index in [9.17, 15) is 0 Å². The third-order valence-electron chi connectivity index (χ3n) is 7.22. The summed E-state index contributed by atoms with van der Waals surface area (Å²) >= 11 is 0. The molecular weight excluding hydrogens is 380 g/mol. The second kappa shape index (κ2) is 6.83. The minimum absolute atomic E-state index is 0.598. The first kappa shape index (κ1) is 18.9. The summed E-state index contributed by atoms with van der Waals surface area (Å²) in [6, 6.07) is 14.3. The van der Waals surface area contributed by atoms with Crippen LogP contribution >= 0.6 is 0 Å². The Labute approximate surface area is 183 Å². The highest BCUT2D eigenvalue weighted by molar-refractivity contribution is 5.92. The van der Waals surface area contributed by atoms with Crippen LogP contribution in [0.5, 0.6) is 0 Å². The van der Waals surface area contributed by atoms with Gasteiger partial charge in [-0.2, -0.15) is 0 Å². The molecule has 0 spiro atoms. The molecule has 0 unspecified atom stereocenters. The molecule has 0 atom stereocenters. The highest BCUT2D eigenvalue weighted by atomic mass is 15.2. The summed E-state index contributed by atoms with van der Waals surface area (Å²) < 4.78 is 4.93. The molecule has 0 bridgehead atoms. The van der Waals surface area contributed by atoms with Gasteiger partial charge in [-0.3, -0.25) is 0 Å². The van der Waals surface area contributed by atoms with Gasteiger partial charge in [-0.25, -0.2) is 4.98 Å². The summed E-state index contributed by atoms with van der Waals surface area (Å²) in [4.78, 5) is 7.58. The van der Waals surface area contributed by atoms with Gasteiger partial charge < -0.3 is 14.0 Å². The van der Waals surface area contributed by atoms with Crippen molar-refractivity contribution >= 4 is 28.0 Å². The fourth-order valence-electron chi connectivity index (χ4n) is 5.51. The van der Waals surface area contributed by atoms with E-state index in [1.807, 2.05) is 6.08 Å². The lowest BCUT2D eigenvalue weighted by Gasteiger charge is -2.37. The first-order chi connectivity index (χ1) is 15.1. The highest BCUT2D eigenvalue weighted by Crippen LogP contribution is 2.45. The molecule has 4 aromatic rings. The van der Waals surface area contributed by atoms with Crippen LogP contribution < -0.4 is 0 Å². The molecule has 3 heterocycles. The van der Waals surface area contributed by atoms with E-state index in [0.29, 0.717) is 12.0 Å². The first-order valence-corrected chi connectivity index (χ1v) is 11.5. The number of para-hydroxylation sites is 1. The number of imidazole rings is 1. The van der Waals surface area contributed by atoms with Crippen LogP contribution in [0.3, 0.4) is 0 Å². The van der Waals surface area contributed by atoms with Crippen molar-refractivity contribution in [2.75, 3.05) is 20.1 Å². The van der Waals surface area contributed by atoms with Gasteiger partial charge in [0.05, 0.1) is 22.2 Å². The molecule has 2 fully saturated rings. The molecule has 0 radical (unpaired) electrons. The van der Waals surface area contributed by atoms with Crippen LogP contribution in [0.1, 0.15) is 48.4 Å². The average Bonchev–Trinajstić information content (AvgIpc) is 3.44. The maximum atomic E-state index is 5.17. The lowest BCUT2D eigenvalue weighted by molar-refractivity contribution is 0.190. The quantitative estimate of drug-likeness (QED) is 0.418. The Hall–Kier alpha value is -2.85. The molecule has 2 aromatic heterocycles. The van der Waals surface area contributed by atoms with Gasteiger partial charge in [-0.1, -0.05) is 37.8 Å². The number of fused-ring (bicyclic) bond motifs is 2. The number of aromatic nitrogens is 3. The van der Waals surface area contributed by atoms with Crippen LogP contribution in [0.15, 0.2) is 43.0 Å². The molecule has 4 nitrogen and oxygen atoms in total. The van der Waals surface area contributed by atoms with Gasteiger partial charge >= 0.3 is 0 Å². The minimum Gasteiger partial charge on any atom is -0.335 e. The van der Waals surface area contributed by atoms with E-state index in [-0.39, 0.29) is 0 Å². The molecule has 2 aromatic carbocycles. The summed E-state index contributed by atoms with van der Waals surface area (Å²) in [7, 11) is 4.39. The molecule has 1 aliphatic heterocycles. The van der Waals surface area contributed by atoms with Crippen molar-refractivity contribution in [1.29, 1.82) is 0 Å². The molecule has 31 heavy (non-hydrogen) atoms. The Balaban J connectivity index is 1.61. The predicted octanol–water partition coefficient (Wildman–Crippen LogP) is 5.76. The van der Waals surface area contributed by atoms with E-state index < -0.39 is 0 Å². The van der Waals surface area contributed by atoms with E-state index in [0.717, 1.165) is 36.4 Å². The van der Waals surface area contributed by atoms with Gasteiger partial charge in [0.2, 0.25) is 0 Å². The van der Waals surface area contributed by atoms with Gasteiger partial charge in [0.1, 0.15) is 0 Å². The van der Waals surface area contributed by atoms with E-state index in [4.69, 9.17) is 4.98 Å². The zero-order chi connectivity index (χ0) is 21.3. The topological polar surface area (TPSA) is 26.0 Å². The monoisotopic (exact) mass is 410 g/mol. The second-order valence-corrected chi connectivity index (χ2v) is 9.43.